The molecule has 6 nitrogen and oxygen atoms in total. The Kier molecular flexibility index (Phi) is 7.11. The lowest BCUT2D eigenvalue weighted by Crippen LogP contribution is -2.27. The molecule has 1 N–H and O–H groups in total. The number of rotatable bonds is 7. The van der Waals surface area contributed by atoms with Gasteiger partial charge in [0.15, 0.2) is 0 Å². The second-order valence-electron chi connectivity index (χ2n) is 6.18. The smallest absolute Gasteiger partial charge is 0.337 e. The van der Waals surface area contributed by atoms with E-state index in [1.54, 1.807) is 60.5 Å². The number of nitrogens with zero attached hydrogens (tertiary/aromatic N) is 1. The Morgan fingerprint density at radius 1 is 1.00 bits per heavy atom. The zero-order valence-corrected chi connectivity index (χ0v) is 15.8. The van der Waals surface area contributed by atoms with Crippen molar-refractivity contribution in [2.45, 2.75) is 19.8 Å². The summed E-state index contributed by atoms with van der Waals surface area (Å²) in [5.41, 5.74) is 1.80. The van der Waals surface area contributed by atoms with Crippen LogP contribution in [0.1, 0.15) is 50.8 Å². The Morgan fingerprint density at radius 2 is 1.67 bits per heavy atom. The minimum Gasteiger partial charge on any atom is -0.465 e. The molecule has 0 aromatic heterocycles. The van der Waals surface area contributed by atoms with Crippen LogP contribution in [0.25, 0.3) is 0 Å². The molecule has 0 atom stereocenters. The van der Waals surface area contributed by atoms with Crippen LogP contribution in [-0.2, 0) is 4.74 Å². The molecule has 2 aromatic rings. The zero-order chi connectivity index (χ0) is 19.8. The molecule has 2 rings (SSSR count). The summed E-state index contributed by atoms with van der Waals surface area (Å²) in [5.74, 6) is -0.863. The minimum atomic E-state index is -0.471. The number of carbonyl (C=O) groups is 3. The van der Waals surface area contributed by atoms with Crippen LogP contribution < -0.4 is 5.32 Å². The van der Waals surface area contributed by atoms with E-state index in [2.05, 4.69) is 17.0 Å². The first-order valence-corrected chi connectivity index (χ1v) is 8.81. The summed E-state index contributed by atoms with van der Waals surface area (Å²) in [5, 5.41) is 2.73. The highest BCUT2D eigenvalue weighted by Gasteiger charge is 2.13. The van der Waals surface area contributed by atoms with Crippen molar-refractivity contribution in [2.75, 3.05) is 26.0 Å². The molecule has 0 aliphatic carbocycles. The molecular formula is C21H24N2O4. The molecule has 0 aliphatic rings. The van der Waals surface area contributed by atoms with E-state index in [1.165, 1.54) is 7.11 Å². The number of anilines is 1. The monoisotopic (exact) mass is 368 g/mol. The van der Waals surface area contributed by atoms with Gasteiger partial charge in [-0.15, -0.1) is 0 Å². The molecule has 6 heteroatoms. The van der Waals surface area contributed by atoms with Crippen LogP contribution in [0.15, 0.2) is 48.5 Å². The molecule has 27 heavy (non-hydrogen) atoms. The van der Waals surface area contributed by atoms with Gasteiger partial charge in [0.25, 0.3) is 11.8 Å². The molecular weight excluding hydrogens is 344 g/mol. The third kappa shape index (κ3) is 5.41. The average Bonchev–Trinajstić information content (AvgIpc) is 2.71. The van der Waals surface area contributed by atoms with Crippen LogP contribution in [0.2, 0.25) is 0 Å². The predicted molar refractivity (Wildman–Crippen MR) is 104 cm³/mol. The maximum absolute atomic E-state index is 12.4. The number of ether oxygens (including phenoxy) is 1. The number of methoxy groups -OCH3 is 1. The van der Waals surface area contributed by atoms with Crippen molar-refractivity contribution in [3.63, 3.8) is 0 Å². The molecule has 2 aromatic carbocycles. The van der Waals surface area contributed by atoms with E-state index in [1.807, 2.05) is 0 Å². The van der Waals surface area contributed by atoms with E-state index < -0.39 is 5.97 Å². The van der Waals surface area contributed by atoms with Crippen molar-refractivity contribution >= 4 is 23.5 Å². The standard InChI is InChI=1S/C21H24N2O4/c1-4-5-13-23(2)20(25)16-11-9-15(10-12-16)19(24)22-18-8-6-7-17(14-18)21(26)27-3/h6-12,14H,4-5,13H2,1-3H3,(H,22,24). The van der Waals surface area contributed by atoms with Gasteiger partial charge < -0.3 is 15.0 Å². The molecule has 0 bridgehead atoms. The molecule has 0 unspecified atom stereocenters. The van der Waals surface area contributed by atoms with E-state index in [0.29, 0.717) is 28.9 Å². The van der Waals surface area contributed by atoms with Crippen LogP contribution >= 0.6 is 0 Å². The van der Waals surface area contributed by atoms with Crippen LogP contribution in [0.4, 0.5) is 5.69 Å². The summed E-state index contributed by atoms with van der Waals surface area (Å²) < 4.78 is 4.67. The van der Waals surface area contributed by atoms with Gasteiger partial charge in [0.1, 0.15) is 0 Å². The van der Waals surface area contributed by atoms with Gasteiger partial charge in [0.05, 0.1) is 12.7 Å². The fourth-order valence-corrected chi connectivity index (χ4v) is 2.53. The number of benzene rings is 2. The number of unbranched alkanes of at least 4 members (excludes halogenated alkanes) is 1. The highest BCUT2D eigenvalue weighted by molar-refractivity contribution is 6.05. The van der Waals surface area contributed by atoms with Crippen molar-refractivity contribution in [2.24, 2.45) is 0 Å². The minimum absolute atomic E-state index is 0.0683. The summed E-state index contributed by atoms with van der Waals surface area (Å²) >= 11 is 0. The van der Waals surface area contributed by atoms with Crippen molar-refractivity contribution < 1.29 is 19.1 Å². The highest BCUT2D eigenvalue weighted by atomic mass is 16.5. The van der Waals surface area contributed by atoms with Gasteiger partial charge in [-0.05, 0) is 48.9 Å². The van der Waals surface area contributed by atoms with E-state index in [0.717, 1.165) is 12.8 Å². The Morgan fingerprint density at radius 3 is 2.30 bits per heavy atom. The topological polar surface area (TPSA) is 75.7 Å². The predicted octanol–water partition coefficient (Wildman–Crippen LogP) is 3.60. The van der Waals surface area contributed by atoms with E-state index >= 15 is 0 Å². The van der Waals surface area contributed by atoms with E-state index in [-0.39, 0.29) is 11.8 Å². The summed E-state index contributed by atoms with van der Waals surface area (Å²) in [4.78, 5) is 38.0. The number of carbonyl (C=O) groups excluding carboxylic acids is 3. The Labute approximate surface area is 159 Å². The van der Waals surface area contributed by atoms with Gasteiger partial charge in [-0.2, -0.15) is 0 Å². The van der Waals surface area contributed by atoms with Gasteiger partial charge in [-0.1, -0.05) is 19.4 Å². The fraction of sp³-hybridized carbons (Fsp3) is 0.286. The van der Waals surface area contributed by atoms with Crippen LogP contribution in [0.5, 0.6) is 0 Å². The number of hydrogen-bond donors (Lipinski definition) is 1. The summed E-state index contributed by atoms with van der Waals surface area (Å²) in [7, 11) is 3.07. The lowest BCUT2D eigenvalue weighted by molar-refractivity contribution is 0.0600. The Bertz CT molecular complexity index is 815. The third-order valence-corrected chi connectivity index (χ3v) is 4.13. The van der Waals surface area contributed by atoms with Crippen molar-refractivity contribution in [1.82, 2.24) is 4.90 Å². The molecule has 142 valence electrons. The quantitative estimate of drug-likeness (QED) is 0.758. The molecule has 0 heterocycles. The van der Waals surface area contributed by atoms with Gasteiger partial charge in [0, 0.05) is 30.4 Å². The van der Waals surface area contributed by atoms with E-state index in [9.17, 15) is 14.4 Å². The second kappa shape index (κ2) is 9.52. The lowest BCUT2D eigenvalue weighted by atomic mass is 10.1. The highest BCUT2D eigenvalue weighted by Crippen LogP contribution is 2.14. The van der Waals surface area contributed by atoms with Crippen LogP contribution in [-0.4, -0.2) is 43.4 Å². The first-order chi connectivity index (χ1) is 13.0. The number of hydrogen-bond acceptors (Lipinski definition) is 4. The first kappa shape index (κ1) is 20.2. The van der Waals surface area contributed by atoms with Crippen molar-refractivity contribution in [3.05, 3.63) is 65.2 Å². The Balaban J connectivity index is 2.05. The molecule has 0 saturated carbocycles. The third-order valence-electron chi connectivity index (χ3n) is 4.13. The van der Waals surface area contributed by atoms with Gasteiger partial charge in [-0.3, -0.25) is 9.59 Å². The van der Waals surface area contributed by atoms with E-state index in [4.69, 9.17) is 0 Å². The largest absolute Gasteiger partial charge is 0.465 e. The fourth-order valence-electron chi connectivity index (χ4n) is 2.53. The molecule has 0 spiro atoms. The van der Waals surface area contributed by atoms with Crippen molar-refractivity contribution in [1.29, 1.82) is 0 Å². The normalized spacial score (nSPS) is 10.2. The molecule has 0 radical (unpaired) electrons. The van der Waals surface area contributed by atoms with Crippen molar-refractivity contribution in [3.8, 4) is 0 Å². The summed E-state index contributed by atoms with van der Waals surface area (Å²) in [6, 6.07) is 13.0. The van der Waals surface area contributed by atoms with Gasteiger partial charge in [0.2, 0.25) is 0 Å². The maximum Gasteiger partial charge on any atom is 0.337 e. The maximum atomic E-state index is 12.4. The van der Waals surface area contributed by atoms with Crippen LogP contribution in [0.3, 0.4) is 0 Å². The average molecular weight is 368 g/mol. The second-order valence-corrected chi connectivity index (χ2v) is 6.18. The molecule has 2 amide bonds. The summed E-state index contributed by atoms with van der Waals surface area (Å²) in [6.07, 6.45) is 1.97. The molecule has 0 fully saturated rings. The Hall–Kier alpha value is -3.15. The van der Waals surface area contributed by atoms with Gasteiger partial charge >= 0.3 is 5.97 Å². The number of nitrogens with one attached hydrogen (secondary N) is 1. The zero-order valence-electron chi connectivity index (χ0n) is 15.8. The number of esters is 1. The lowest BCUT2D eigenvalue weighted by Gasteiger charge is -2.16. The number of amides is 2. The molecule has 0 aliphatic heterocycles. The molecule has 0 saturated heterocycles. The summed E-state index contributed by atoms with van der Waals surface area (Å²) in [6.45, 7) is 2.78. The first-order valence-electron chi connectivity index (χ1n) is 8.81. The van der Waals surface area contributed by atoms with Gasteiger partial charge in [-0.25, -0.2) is 4.79 Å². The van der Waals surface area contributed by atoms with Crippen LogP contribution in [0, 0.1) is 0 Å². The SMILES string of the molecule is CCCCN(C)C(=O)c1ccc(C(=O)Nc2cccc(C(=O)OC)c2)cc1.